The zero-order valence-electron chi connectivity index (χ0n) is 16.7. The summed E-state index contributed by atoms with van der Waals surface area (Å²) in [7, 11) is 0. The van der Waals surface area contributed by atoms with Gasteiger partial charge in [0, 0.05) is 18.7 Å². The van der Waals surface area contributed by atoms with Crippen LogP contribution in [0.4, 0.5) is 14.9 Å². The van der Waals surface area contributed by atoms with Gasteiger partial charge in [-0.05, 0) is 56.2 Å². The highest BCUT2D eigenvalue weighted by atomic mass is 19.1. The molecule has 0 unspecified atom stereocenters. The molecule has 0 spiro atoms. The molecule has 1 N–H and O–H groups in total. The smallest absolute Gasteiger partial charge is 0.321 e. The van der Waals surface area contributed by atoms with E-state index in [-0.39, 0.29) is 17.8 Å². The molecule has 1 aliphatic rings. The molecule has 0 radical (unpaired) electrons. The second kappa shape index (κ2) is 8.94. The first-order chi connectivity index (χ1) is 14.6. The number of nitrogens with one attached hydrogen (secondary N) is 1. The first-order valence-electron chi connectivity index (χ1n) is 10.0. The van der Waals surface area contributed by atoms with Crippen molar-refractivity contribution in [1.82, 2.24) is 15.0 Å². The topological polar surface area (TPSA) is 80.5 Å². The van der Waals surface area contributed by atoms with Gasteiger partial charge in [-0.1, -0.05) is 17.3 Å². The SMILES string of the molecule is CCOc1ccccc1NC(=O)N1CCC[C@@H](c2nc(-c3ccc(F)cc3)no2)C1. The van der Waals surface area contributed by atoms with Gasteiger partial charge >= 0.3 is 6.03 Å². The summed E-state index contributed by atoms with van der Waals surface area (Å²) in [4.78, 5) is 19.0. The molecule has 1 atom stereocenters. The van der Waals surface area contributed by atoms with E-state index in [1.165, 1.54) is 12.1 Å². The number of carbonyl (C=O) groups excluding carboxylic acids is 1. The van der Waals surface area contributed by atoms with Crippen molar-refractivity contribution in [1.29, 1.82) is 0 Å². The minimum atomic E-state index is -0.317. The lowest BCUT2D eigenvalue weighted by atomic mass is 9.98. The van der Waals surface area contributed by atoms with Gasteiger partial charge in [-0.25, -0.2) is 9.18 Å². The number of rotatable bonds is 5. The number of para-hydroxylation sites is 2. The van der Waals surface area contributed by atoms with Crippen molar-refractivity contribution in [3.05, 3.63) is 60.2 Å². The summed E-state index contributed by atoms with van der Waals surface area (Å²) in [5.41, 5.74) is 1.33. The summed E-state index contributed by atoms with van der Waals surface area (Å²) >= 11 is 0. The second-order valence-electron chi connectivity index (χ2n) is 7.11. The van der Waals surface area contributed by atoms with Crippen LogP contribution in [0.15, 0.2) is 53.1 Å². The van der Waals surface area contributed by atoms with Crippen molar-refractivity contribution in [2.45, 2.75) is 25.7 Å². The van der Waals surface area contributed by atoms with Crippen LogP contribution in [0.5, 0.6) is 5.75 Å². The molecule has 0 aliphatic carbocycles. The molecule has 0 bridgehead atoms. The zero-order valence-corrected chi connectivity index (χ0v) is 16.7. The van der Waals surface area contributed by atoms with E-state index in [1.54, 1.807) is 17.0 Å². The summed E-state index contributed by atoms with van der Waals surface area (Å²) in [6.45, 7) is 3.55. The van der Waals surface area contributed by atoms with Crippen LogP contribution in [0.3, 0.4) is 0 Å². The Morgan fingerprint density at radius 2 is 2.07 bits per heavy atom. The van der Waals surface area contributed by atoms with Crippen molar-refractivity contribution in [3.63, 3.8) is 0 Å². The number of anilines is 1. The molecule has 2 heterocycles. The molecular weight excluding hydrogens is 387 g/mol. The molecular formula is C22H23FN4O3. The van der Waals surface area contributed by atoms with Crippen molar-refractivity contribution in [3.8, 4) is 17.1 Å². The Balaban J connectivity index is 1.43. The number of benzene rings is 2. The van der Waals surface area contributed by atoms with Crippen molar-refractivity contribution in [2.75, 3.05) is 25.0 Å². The number of ether oxygens (including phenoxy) is 1. The molecule has 0 saturated carbocycles. The number of piperidine rings is 1. The molecule has 1 fully saturated rings. The van der Waals surface area contributed by atoms with Crippen LogP contribution in [-0.4, -0.2) is 40.8 Å². The van der Waals surface area contributed by atoms with E-state index in [0.717, 1.165) is 12.8 Å². The highest BCUT2D eigenvalue weighted by Crippen LogP contribution is 2.29. The fraction of sp³-hybridized carbons (Fsp3) is 0.318. The van der Waals surface area contributed by atoms with Crippen molar-refractivity contribution >= 4 is 11.7 Å². The normalized spacial score (nSPS) is 16.3. The average molecular weight is 410 g/mol. The molecule has 4 rings (SSSR count). The number of aromatic nitrogens is 2. The second-order valence-corrected chi connectivity index (χ2v) is 7.11. The fourth-order valence-corrected chi connectivity index (χ4v) is 3.53. The van der Waals surface area contributed by atoms with E-state index < -0.39 is 0 Å². The van der Waals surface area contributed by atoms with E-state index in [9.17, 15) is 9.18 Å². The Labute approximate surface area is 173 Å². The van der Waals surface area contributed by atoms with Crippen molar-refractivity contribution < 1.29 is 18.4 Å². The van der Waals surface area contributed by atoms with E-state index in [4.69, 9.17) is 9.26 Å². The first kappa shape index (κ1) is 19.9. The lowest BCUT2D eigenvalue weighted by Gasteiger charge is -2.31. The molecule has 30 heavy (non-hydrogen) atoms. The Morgan fingerprint density at radius 1 is 1.27 bits per heavy atom. The predicted octanol–water partition coefficient (Wildman–Crippen LogP) is 4.69. The minimum Gasteiger partial charge on any atom is -0.492 e. The molecule has 7 nitrogen and oxygen atoms in total. The average Bonchev–Trinajstić information content (AvgIpc) is 3.26. The molecule has 1 saturated heterocycles. The monoisotopic (exact) mass is 410 g/mol. The summed E-state index contributed by atoms with van der Waals surface area (Å²) in [6, 6.07) is 13.1. The van der Waals surface area contributed by atoms with Crippen LogP contribution < -0.4 is 10.1 Å². The summed E-state index contributed by atoms with van der Waals surface area (Å²) in [6.07, 6.45) is 1.68. The van der Waals surface area contributed by atoms with Crippen LogP contribution >= 0.6 is 0 Å². The molecule has 8 heteroatoms. The standard InChI is InChI=1S/C22H23FN4O3/c1-2-29-19-8-4-3-7-18(19)24-22(28)27-13-5-6-16(14-27)21-25-20(26-30-21)15-9-11-17(23)12-10-15/h3-4,7-12,16H,2,5-6,13-14H2,1H3,(H,24,28)/t16-/m1/s1. The summed E-state index contributed by atoms with van der Waals surface area (Å²) in [5, 5.41) is 6.95. The van der Waals surface area contributed by atoms with Gasteiger partial charge in [0.15, 0.2) is 0 Å². The number of amides is 2. The Morgan fingerprint density at radius 3 is 2.87 bits per heavy atom. The molecule has 2 aromatic carbocycles. The fourth-order valence-electron chi connectivity index (χ4n) is 3.53. The van der Waals surface area contributed by atoms with Gasteiger partial charge in [0.2, 0.25) is 11.7 Å². The molecule has 1 aliphatic heterocycles. The van der Waals surface area contributed by atoms with Gasteiger partial charge in [0.1, 0.15) is 11.6 Å². The lowest BCUT2D eigenvalue weighted by molar-refractivity contribution is 0.184. The maximum absolute atomic E-state index is 13.1. The largest absolute Gasteiger partial charge is 0.492 e. The lowest BCUT2D eigenvalue weighted by Crippen LogP contribution is -2.41. The number of likely N-dealkylation sites (tertiary alicyclic amines) is 1. The number of halogens is 1. The highest BCUT2D eigenvalue weighted by molar-refractivity contribution is 5.91. The van der Waals surface area contributed by atoms with Gasteiger partial charge in [-0.15, -0.1) is 0 Å². The van der Waals surface area contributed by atoms with E-state index in [2.05, 4.69) is 15.5 Å². The molecule has 3 aromatic rings. The minimum absolute atomic E-state index is 0.0478. The van der Waals surface area contributed by atoms with Gasteiger partial charge in [-0.2, -0.15) is 4.98 Å². The Hall–Kier alpha value is -3.42. The van der Waals surface area contributed by atoms with E-state index in [0.29, 0.717) is 48.4 Å². The maximum Gasteiger partial charge on any atom is 0.321 e. The molecule has 1 aromatic heterocycles. The molecule has 2 amide bonds. The van der Waals surface area contributed by atoms with Crippen LogP contribution in [0.2, 0.25) is 0 Å². The predicted molar refractivity (Wildman–Crippen MR) is 110 cm³/mol. The Bertz CT molecular complexity index is 1010. The van der Waals surface area contributed by atoms with Gasteiger partial charge in [0.05, 0.1) is 18.2 Å². The number of hydrogen-bond acceptors (Lipinski definition) is 5. The van der Waals surface area contributed by atoms with Crippen LogP contribution in [0, 0.1) is 5.82 Å². The van der Waals surface area contributed by atoms with E-state index >= 15 is 0 Å². The number of nitrogens with zero attached hydrogens (tertiary/aromatic N) is 3. The third-order valence-corrected chi connectivity index (χ3v) is 5.03. The number of carbonyl (C=O) groups is 1. The van der Waals surface area contributed by atoms with Gasteiger partial charge in [0.25, 0.3) is 0 Å². The van der Waals surface area contributed by atoms with Gasteiger partial charge in [-0.3, -0.25) is 0 Å². The summed E-state index contributed by atoms with van der Waals surface area (Å²) < 4.78 is 24.2. The van der Waals surface area contributed by atoms with E-state index in [1.807, 2.05) is 31.2 Å². The Kier molecular flexibility index (Phi) is 5.92. The third-order valence-electron chi connectivity index (χ3n) is 5.03. The number of hydrogen-bond donors (Lipinski definition) is 1. The first-order valence-corrected chi connectivity index (χ1v) is 10.0. The molecule has 156 valence electrons. The quantitative estimate of drug-likeness (QED) is 0.660. The van der Waals surface area contributed by atoms with Crippen LogP contribution in [0.25, 0.3) is 11.4 Å². The van der Waals surface area contributed by atoms with Crippen molar-refractivity contribution in [2.24, 2.45) is 0 Å². The summed E-state index contributed by atoms with van der Waals surface area (Å²) in [5.74, 6) is 1.18. The van der Waals surface area contributed by atoms with Gasteiger partial charge < -0.3 is 19.5 Å². The zero-order chi connectivity index (χ0) is 20.9. The number of urea groups is 1. The third kappa shape index (κ3) is 4.42. The maximum atomic E-state index is 13.1. The van der Waals surface area contributed by atoms with Crippen LogP contribution in [0.1, 0.15) is 31.6 Å². The highest BCUT2D eigenvalue weighted by Gasteiger charge is 2.29. The van der Waals surface area contributed by atoms with Crippen LogP contribution in [-0.2, 0) is 0 Å².